The van der Waals surface area contributed by atoms with E-state index in [9.17, 15) is 17.6 Å². The quantitative estimate of drug-likeness (QED) is 0.781. The van der Waals surface area contributed by atoms with E-state index in [-0.39, 0.29) is 40.4 Å². The highest BCUT2D eigenvalue weighted by molar-refractivity contribution is 8.00. The maximum absolute atomic E-state index is 12.9. The standard InChI is InChI=1S/C15H16FN3O4S2/c1-9(13(20)17-12-6-7-25(21,22)8-12)24-15-19-18-14(23-15)10-2-4-11(16)5-3-10/h2-5,9,12H,6-8H2,1H3,(H,17,20)/t9-,12+/m1/s1. The van der Waals surface area contributed by atoms with Crippen LogP contribution in [0.1, 0.15) is 13.3 Å². The van der Waals surface area contributed by atoms with E-state index in [1.165, 1.54) is 24.3 Å². The molecule has 3 rings (SSSR count). The number of carbonyl (C=O) groups excluding carboxylic acids is 1. The topological polar surface area (TPSA) is 102 Å². The van der Waals surface area contributed by atoms with E-state index in [1.807, 2.05) is 0 Å². The number of nitrogens with one attached hydrogen (secondary N) is 1. The van der Waals surface area contributed by atoms with Crippen LogP contribution in [0.3, 0.4) is 0 Å². The number of amides is 1. The van der Waals surface area contributed by atoms with Crippen LogP contribution in [-0.2, 0) is 14.6 Å². The number of rotatable bonds is 5. The number of thioether (sulfide) groups is 1. The van der Waals surface area contributed by atoms with Crippen molar-refractivity contribution in [1.82, 2.24) is 15.5 Å². The summed E-state index contributed by atoms with van der Waals surface area (Å²) in [7, 11) is -3.05. The van der Waals surface area contributed by atoms with Crippen molar-refractivity contribution in [3.05, 3.63) is 30.1 Å². The molecule has 1 saturated heterocycles. The molecule has 0 unspecified atom stereocenters. The number of benzene rings is 1. The van der Waals surface area contributed by atoms with E-state index < -0.39 is 15.1 Å². The van der Waals surface area contributed by atoms with E-state index >= 15 is 0 Å². The monoisotopic (exact) mass is 385 g/mol. The number of halogens is 1. The highest BCUT2D eigenvalue weighted by atomic mass is 32.2. The van der Waals surface area contributed by atoms with Gasteiger partial charge in [0.15, 0.2) is 9.84 Å². The second-order valence-electron chi connectivity index (χ2n) is 5.75. The molecule has 1 fully saturated rings. The molecule has 1 aromatic heterocycles. The number of aromatic nitrogens is 2. The number of carbonyl (C=O) groups is 1. The molecule has 1 N–H and O–H groups in total. The molecule has 0 spiro atoms. The summed E-state index contributed by atoms with van der Waals surface area (Å²) < 4.78 is 41.3. The van der Waals surface area contributed by atoms with Gasteiger partial charge < -0.3 is 9.73 Å². The number of sulfone groups is 1. The first-order chi connectivity index (χ1) is 11.8. The zero-order valence-corrected chi connectivity index (χ0v) is 14.9. The van der Waals surface area contributed by atoms with Gasteiger partial charge in [0.05, 0.1) is 16.8 Å². The first-order valence-corrected chi connectivity index (χ1v) is 10.3. The summed E-state index contributed by atoms with van der Waals surface area (Å²) >= 11 is 1.08. The Bertz CT molecular complexity index is 867. The van der Waals surface area contributed by atoms with Gasteiger partial charge in [-0.2, -0.15) is 0 Å². The van der Waals surface area contributed by atoms with Crippen molar-refractivity contribution < 1.29 is 22.0 Å². The van der Waals surface area contributed by atoms with Crippen LogP contribution in [0.5, 0.6) is 0 Å². The fraction of sp³-hybridized carbons (Fsp3) is 0.400. The highest BCUT2D eigenvalue weighted by Gasteiger charge is 2.30. The minimum atomic E-state index is -3.05. The van der Waals surface area contributed by atoms with Crippen molar-refractivity contribution in [1.29, 1.82) is 0 Å². The second-order valence-corrected chi connectivity index (χ2v) is 9.27. The fourth-order valence-electron chi connectivity index (χ4n) is 2.40. The maximum atomic E-state index is 12.9. The molecule has 25 heavy (non-hydrogen) atoms. The summed E-state index contributed by atoms with van der Waals surface area (Å²) in [6.07, 6.45) is 0.431. The Hall–Kier alpha value is -1.94. The van der Waals surface area contributed by atoms with Crippen LogP contribution in [0.4, 0.5) is 4.39 Å². The summed E-state index contributed by atoms with van der Waals surface area (Å²) in [5, 5.41) is 10.2. The molecule has 0 saturated carbocycles. The summed E-state index contributed by atoms with van der Waals surface area (Å²) in [6, 6.07) is 5.27. The van der Waals surface area contributed by atoms with Gasteiger partial charge in [0.1, 0.15) is 5.82 Å². The van der Waals surface area contributed by atoms with Crippen molar-refractivity contribution in [3.8, 4) is 11.5 Å². The molecule has 10 heteroatoms. The van der Waals surface area contributed by atoms with E-state index in [0.717, 1.165) is 11.8 Å². The van der Waals surface area contributed by atoms with Gasteiger partial charge >= 0.3 is 0 Å². The van der Waals surface area contributed by atoms with Crippen molar-refractivity contribution >= 4 is 27.5 Å². The molecule has 0 aliphatic carbocycles. The van der Waals surface area contributed by atoms with Crippen molar-refractivity contribution in [2.75, 3.05) is 11.5 Å². The Morgan fingerprint density at radius 2 is 2.08 bits per heavy atom. The molecule has 0 radical (unpaired) electrons. The minimum absolute atomic E-state index is 0.0224. The number of hydrogen-bond acceptors (Lipinski definition) is 7. The summed E-state index contributed by atoms with van der Waals surface area (Å²) in [5.41, 5.74) is 0.578. The average Bonchev–Trinajstić information content (AvgIpc) is 3.14. The zero-order chi connectivity index (χ0) is 18.0. The van der Waals surface area contributed by atoms with Crippen LogP contribution in [0.2, 0.25) is 0 Å². The van der Waals surface area contributed by atoms with Crippen LogP contribution in [-0.4, -0.2) is 47.3 Å². The number of hydrogen-bond donors (Lipinski definition) is 1. The Balaban J connectivity index is 1.58. The van der Waals surface area contributed by atoms with Gasteiger partial charge in [-0.1, -0.05) is 11.8 Å². The van der Waals surface area contributed by atoms with E-state index in [4.69, 9.17) is 4.42 Å². The average molecular weight is 385 g/mol. The molecule has 1 aromatic carbocycles. The first-order valence-electron chi connectivity index (χ1n) is 7.59. The van der Waals surface area contributed by atoms with Gasteiger partial charge in [0.25, 0.3) is 5.22 Å². The summed E-state index contributed by atoms with van der Waals surface area (Å²) in [4.78, 5) is 12.2. The van der Waals surface area contributed by atoms with Crippen LogP contribution in [0.15, 0.2) is 33.9 Å². The van der Waals surface area contributed by atoms with Gasteiger partial charge in [0, 0.05) is 11.6 Å². The van der Waals surface area contributed by atoms with Gasteiger partial charge in [-0.15, -0.1) is 10.2 Å². The molecule has 134 valence electrons. The molecular formula is C15H16FN3O4S2. The molecule has 2 aromatic rings. The fourth-order valence-corrected chi connectivity index (χ4v) is 4.76. The predicted octanol–water partition coefficient (Wildman–Crippen LogP) is 1.66. The lowest BCUT2D eigenvalue weighted by Crippen LogP contribution is -2.39. The Morgan fingerprint density at radius 3 is 2.72 bits per heavy atom. The molecule has 1 aliphatic heterocycles. The summed E-state index contributed by atoms with van der Waals surface area (Å²) in [5.74, 6) is -0.335. The largest absolute Gasteiger partial charge is 0.411 e. The van der Waals surface area contributed by atoms with Crippen LogP contribution < -0.4 is 5.32 Å². The first kappa shape index (κ1) is 17.9. The third kappa shape index (κ3) is 4.57. The van der Waals surface area contributed by atoms with Crippen LogP contribution in [0, 0.1) is 5.82 Å². The maximum Gasteiger partial charge on any atom is 0.277 e. The summed E-state index contributed by atoms with van der Waals surface area (Å²) in [6.45, 7) is 1.67. The third-order valence-electron chi connectivity index (χ3n) is 3.72. The lowest BCUT2D eigenvalue weighted by molar-refractivity contribution is -0.120. The van der Waals surface area contributed by atoms with Crippen molar-refractivity contribution in [2.45, 2.75) is 29.9 Å². The van der Waals surface area contributed by atoms with Gasteiger partial charge in [-0.25, -0.2) is 12.8 Å². The highest BCUT2D eigenvalue weighted by Crippen LogP contribution is 2.26. The predicted molar refractivity (Wildman–Crippen MR) is 90.2 cm³/mol. The van der Waals surface area contributed by atoms with E-state index in [0.29, 0.717) is 12.0 Å². The number of nitrogens with zero attached hydrogens (tertiary/aromatic N) is 2. The van der Waals surface area contributed by atoms with E-state index in [1.54, 1.807) is 6.92 Å². The molecule has 1 aliphatic rings. The smallest absolute Gasteiger partial charge is 0.277 e. The van der Waals surface area contributed by atoms with Gasteiger partial charge in [0.2, 0.25) is 11.8 Å². The lowest BCUT2D eigenvalue weighted by atomic mass is 10.2. The molecular weight excluding hydrogens is 369 g/mol. The third-order valence-corrected chi connectivity index (χ3v) is 6.43. The van der Waals surface area contributed by atoms with E-state index in [2.05, 4.69) is 15.5 Å². The zero-order valence-electron chi connectivity index (χ0n) is 13.3. The lowest BCUT2D eigenvalue weighted by Gasteiger charge is -2.14. The minimum Gasteiger partial charge on any atom is -0.411 e. The van der Waals surface area contributed by atoms with Gasteiger partial charge in [-0.3, -0.25) is 4.79 Å². The van der Waals surface area contributed by atoms with Crippen LogP contribution >= 0.6 is 11.8 Å². The molecule has 2 heterocycles. The molecule has 0 bridgehead atoms. The Labute approximate surface area is 148 Å². The van der Waals surface area contributed by atoms with Crippen molar-refractivity contribution in [2.24, 2.45) is 0 Å². The van der Waals surface area contributed by atoms with Gasteiger partial charge in [-0.05, 0) is 37.6 Å². The molecule has 1 amide bonds. The normalized spacial score (nSPS) is 20.3. The molecule has 7 nitrogen and oxygen atoms in total. The second kappa shape index (κ2) is 7.12. The van der Waals surface area contributed by atoms with Crippen LogP contribution in [0.25, 0.3) is 11.5 Å². The Morgan fingerprint density at radius 1 is 1.36 bits per heavy atom. The SMILES string of the molecule is C[C@@H](Sc1nnc(-c2ccc(F)cc2)o1)C(=O)N[C@H]1CCS(=O)(=O)C1. The van der Waals surface area contributed by atoms with Crippen molar-refractivity contribution in [3.63, 3.8) is 0 Å². The Kier molecular flexibility index (Phi) is 5.09. The molecule has 2 atom stereocenters.